The van der Waals surface area contributed by atoms with E-state index < -0.39 is 0 Å². The average molecular weight is 289 g/mol. The minimum atomic E-state index is -0.283. The van der Waals surface area contributed by atoms with Crippen LogP contribution >= 0.6 is 0 Å². The molecule has 114 valence electrons. The van der Waals surface area contributed by atoms with Crippen LogP contribution in [-0.2, 0) is 4.79 Å². The Kier molecular flexibility index (Phi) is 4.83. The number of hydrogen-bond donors (Lipinski definition) is 3. The topological polar surface area (TPSA) is 70.2 Å². The van der Waals surface area contributed by atoms with Crippen molar-refractivity contribution < 1.29 is 9.59 Å². The second-order valence-corrected chi connectivity index (χ2v) is 5.83. The van der Waals surface area contributed by atoms with Crippen LogP contribution in [-0.4, -0.2) is 25.0 Å². The third-order valence-electron chi connectivity index (χ3n) is 3.60. The molecule has 0 radical (unpaired) electrons. The van der Waals surface area contributed by atoms with Gasteiger partial charge in [-0.1, -0.05) is 17.7 Å². The van der Waals surface area contributed by atoms with Crippen molar-refractivity contribution in [1.29, 1.82) is 0 Å². The Morgan fingerprint density at radius 2 is 1.71 bits per heavy atom. The van der Waals surface area contributed by atoms with Crippen LogP contribution in [0.25, 0.3) is 0 Å². The maximum Gasteiger partial charge on any atom is 0.315 e. The second-order valence-electron chi connectivity index (χ2n) is 5.83. The number of urea groups is 1. The van der Waals surface area contributed by atoms with Crippen molar-refractivity contribution in [3.8, 4) is 0 Å². The van der Waals surface area contributed by atoms with Gasteiger partial charge in [0.05, 0.1) is 6.54 Å². The van der Waals surface area contributed by atoms with E-state index in [1.807, 2.05) is 32.9 Å². The molecule has 5 heteroatoms. The Labute approximate surface area is 125 Å². The number of benzene rings is 1. The van der Waals surface area contributed by atoms with Gasteiger partial charge in [-0.3, -0.25) is 4.79 Å². The van der Waals surface area contributed by atoms with Gasteiger partial charge in [-0.2, -0.15) is 0 Å². The molecule has 1 aromatic rings. The molecule has 0 heterocycles. The monoisotopic (exact) mass is 289 g/mol. The zero-order valence-corrected chi connectivity index (χ0v) is 12.9. The minimum absolute atomic E-state index is 0.0245. The van der Waals surface area contributed by atoms with Crippen molar-refractivity contribution in [1.82, 2.24) is 10.6 Å². The van der Waals surface area contributed by atoms with Gasteiger partial charge in [0.15, 0.2) is 0 Å². The van der Waals surface area contributed by atoms with Gasteiger partial charge >= 0.3 is 6.03 Å². The lowest BCUT2D eigenvalue weighted by atomic mass is 10.1. The summed E-state index contributed by atoms with van der Waals surface area (Å²) < 4.78 is 0. The zero-order chi connectivity index (χ0) is 15.4. The van der Waals surface area contributed by atoms with Gasteiger partial charge in [0.1, 0.15) is 0 Å². The number of aryl methyl sites for hydroxylation is 3. The molecule has 1 aliphatic rings. The van der Waals surface area contributed by atoms with Crippen molar-refractivity contribution >= 4 is 17.6 Å². The molecule has 3 amide bonds. The van der Waals surface area contributed by atoms with Crippen molar-refractivity contribution in [2.75, 3.05) is 18.4 Å². The third kappa shape index (κ3) is 4.77. The van der Waals surface area contributed by atoms with Gasteiger partial charge < -0.3 is 16.0 Å². The number of anilines is 1. The van der Waals surface area contributed by atoms with E-state index in [0.717, 1.165) is 16.8 Å². The first-order chi connectivity index (χ1) is 9.95. The first-order valence-electron chi connectivity index (χ1n) is 7.35. The predicted molar refractivity (Wildman–Crippen MR) is 83.4 cm³/mol. The summed E-state index contributed by atoms with van der Waals surface area (Å²) in [6.45, 7) is 6.63. The molecule has 0 aromatic heterocycles. The molecule has 1 aliphatic carbocycles. The van der Waals surface area contributed by atoms with Crippen molar-refractivity contribution in [2.24, 2.45) is 5.92 Å². The van der Waals surface area contributed by atoms with Crippen LogP contribution < -0.4 is 16.0 Å². The average Bonchev–Trinajstić information content (AvgIpc) is 3.22. The number of hydrogen-bond acceptors (Lipinski definition) is 2. The summed E-state index contributed by atoms with van der Waals surface area (Å²) in [5.41, 5.74) is 4.05. The van der Waals surface area contributed by atoms with E-state index >= 15 is 0 Å². The first-order valence-corrected chi connectivity index (χ1v) is 7.35. The van der Waals surface area contributed by atoms with E-state index in [4.69, 9.17) is 0 Å². The third-order valence-corrected chi connectivity index (χ3v) is 3.60. The lowest BCUT2D eigenvalue weighted by molar-refractivity contribution is -0.115. The number of rotatable bonds is 5. The smallest absolute Gasteiger partial charge is 0.315 e. The van der Waals surface area contributed by atoms with Crippen LogP contribution in [0, 0.1) is 26.7 Å². The number of carbonyl (C=O) groups is 2. The van der Waals surface area contributed by atoms with Crippen molar-refractivity contribution in [2.45, 2.75) is 33.6 Å². The van der Waals surface area contributed by atoms with Crippen LogP contribution in [0.5, 0.6) is 0 Å². The number of carbonyl (C=O) groups excluding carboxylic acids is 2. The molecule has 2 rings (SSSR count). The number of amides is 3. The molecule has 21 heavy (non-hydrogen) atoms. The molecule has 3 N–H and O–H groups in total. The first kappa shape index (κ1) is 15.4. The molecule has 0 aliphatic heterocycles. The molecule has 1 aromatic carbocycles. The Hall–Kier alpha value is -2.04. The van der Waals surface area contributed by atoms with Gasteiger partial charge in [-0.05, 0) is 50.7 Å². The molecular weight excluding hydrogens is 266 g/mol. The van der Waals surface area contributed by atoms with E-state index in [-0.39, 0.29) is 18.5 Å². The van der Waals surface area contributed by atoms with Crippen molar-refractivity contribution in [3.05, 3.63) is 28.8 Å². The summed E-state index contributed by atoms with van der Waals surface area (Å²) in [4.78, 5) is 23.4. The summed E-state index contributed by atoms with van der Waals surface area (Å²) in [5, 5.41) is 8.19. The second kappa shape index (κ2) is 6.61. The Bertz CT molecular complexity index is 527. The van der Waals surface area contributed by atoms with Gasteiger partial charge in [0.2, 0.25) is 5.91 Å². The van der Waals surface area contributed by atoms with E-state index in [9.17, 15) is 9.59 Å². The molecule has 1 saturated carbocycles. The largest absolute Gasteiger partial charge is 0.338 e. The summed E-state index contributed by atoms with van der Waals surface area (Å²) >= 11 is 0. The summed E-state index contributed by atoms with van der Waals surface area (Å²) in [6.07, 6.45) is 2.37. The van der Waals surface area contributed by atoms with Crippen molar-refractivity contribution in [3.63, 3.8) is 0 Å². The highest BCUT2D eigenvalue weighted by atomic mass is 16.2. The van der Waals surface area contributed by atoms with E-state index in [1.165, 1.54) is 18.4 Å². The number of nitrogens with one attached hydrogen (secondary N) is 3. The van der Waals surface area contributed by atoms with E-state index in [0.29, 0.717) is 12.5 Å². The normalized spacial score (nSPS) is 13.7. The fourth-order valence-corrected chi connectivity index (χ4v) is 2.34. The van der Waals surface area contributed by atoms with Crippen LogP contribution in [0.15, 0.2) is 12.1 Å². The van der Waals surface area contributed by atoms with Crippen LogP contribution in [0.3, 0.4) is 0 Å². The molecule has 1 fully saturated rings. The summed E-state index contributed by atoms with van der Waals surface area (Å²) in [5.74, 6) is 0.411. The minimum Gasteiger partial charge on any atom is -0.338 e. The summed E-state index contributed by atoms with van der Waals surface area (Å²) in [7, 11) is 0. The Balaban J connectivity index is 1.79. The van der Waals surface area contributed by atoms with Crippen LogP contribution in [0.4, 0.5) is 10.5 Å². The van der Waals surface area contributed by atoms with Crippen LogP contribution in [0.1, 0.15) is 29.5 Å². The Morgan fingerprint density at radius 3 is 2.29 bits per heavy atom. The quantitative estimate of drug-likeness (QED) is 0.778. The molecule has 5 nitrogen and oxygen atoms in total. The molecule has 0 saturated heterocycles. The lowest BCUT2D eigenvalue weighted by Gasteiger charge is -2.13. The van der Waals surface area contributed by atoms with Gasteiger partial charge in [-0.15, -0.1) is 0 Å². The molecule has 0 atom stereocenters. The zero-order valence-electron chi connectivity index (χ0n) is 12.9. The molecule has 0 spiro atoms. The van der Waals surface area contributed by atoms with E-state index in [2.05, 4.69) is 16.0 Å². The fourth-order valence-electron chi connectivity index (χ4n) is 2.34. The summed E-state index contributed by atoms with van der Waals surface area (Å²) in [6, 6.07) is 3.77. The van der Waals surface area contributed by atoms with Gasteiger partial charge in [-0.25, -0.2) is 4.79 Å². The standard InChI is InChI=1S/C16H23N3O2/c1-10-6-11(2)15(12(3)7-10)19-14(20)9-18-16(21)17-8-13-4-5-13/h6-7,13H,4-5,8-9H2,1-3H3,(H,19,20)(H2,17,18,21). The van der Waals surface area contributed by atoms with Gasteiger partial charge in [0, 0.05) is 12.2 Å². The highest BCUT2D eigenvalue weighted by Gasteiger charge is 2.21. The highest BCUT2D eigenvalue weighted by molar-refractivity contribution is 5.95. The Morgan fingerprint density at radius 1 is 1.10 bits per heavy atom. The highest BCUT2D eigenvalue weighted by Crippen LogP contribution is 2.27. The molecular formula is C16H23N3O2. The van der Waals surface area contributed by atoms with E-state index in [1.54, 1.807) is 0 Å². The maximum atomic E-state index is 11.9. The molecule has 0 unspecified atom stereocenters. The van der Waals surface area contributed by atoms with Crippen LogP contribution in [0.2, 0.25) is 0 Å². The lowest BCUT2D eigenvalue weighted by Crippen LogP contribution is -2.40. The maximum absolute atomic E-state index is 11.9. The predicted octanol–water partition coefficient (Wildman–Crippen LogP) is 2.26. The van der Waals surface area contributed by atoms with Gasteiger partial charge in [0.25, 0.3) is 0 Å². The SMILES string of the molecule is Cc1cc(C)c(NC(=O)CNC(=O)NCC2CC2)c(C)c1. The fraction of sp³-hybridized carbons (Fsp3) is 0.500. The molecule has 0 bridgehead atoms.